The highest BCUT2D eigenvalue weighted by Crippen LogP contribution is 2.40. The number of nitrogens with zero attached hydrogens (tertiary/aromatic N) is 3. The molecule has 0 unspecified atom stereocenters. The smallest absolute Gasteiger partial charge is 0.341 e. The minimum absolute atomic E-state index is 0.160. The molecule has 1 atom stereocenters. The number of fused-ring (bicyclic) bond motifs is 4. The first-order valence-electron chi connectivity index (χ1n) is 10.6. The van der Waals surface area contributed by atoms with E-state index in [0.717, 1.165) is 35.9 Å². The average molecular weight is 470 g/mol. The molecule has 0 radical (unpaired) electrons. The number of aromatic nitrogens is 4. The fraction of sp³-hybridized carbons (Fsp3) is 0.364. The molecule has 1 aliphatic rings. The van der Waals surface area contributed by atoms with Crippen molar-refractivity contribution in [1.29, 1.82) is 0 Å². The summed E-state index contributed by atoms with van der Waals surface area (Å²) in [6.07, 6.45) is 2.80. The van der Waals surface area contributed by atoms with Crippen LogP contribution in [0.4, 0.5) is 5.00 Å². The van der Waals surface area contributed by atoms with E-state index in [0.29, 0.717) is 34.0 Å². The first kappa shape index (κ1) is 21.0. The molecule has 0 saturated carbocycles. The molecule has 8 nitrogen and oxygen atoms in total. The monoisotopic (exact) mass is 469 g/mol. The van der Waals surface area contributed by atoms with Crippen molar-refractivity contribution >= 4 is 56.8 Å². The Morgan fingerprint density at radius 1 is 1.38 bits per heavy atom. The van der Waals surface area contributed by atoms with Crippen LogP contribution in [-0.2, 0) is 22.4 Å². The molecule has 3 heterocycles. The summed E-state index contributed by atoms with van der Waals surface area (Å²) in [6.45, 7) is 4.31. The number of carbonyl (C=O) groups excluding carboxylic acids is 2. The van der Waals surface area contributed by atoms with Crippen molar-refractivity contribution in [1.82, 2.24) is 19.6 Å². The summed E-state index contributed by atoms with van der Waals surface area (Å²) in [5, 5.41) is 11.4. The molecule has 2 N–H and O–H groups in total. The van der Waals surface area contributed by atoms with Gasteiger partial charge in [0.1, 0.15) is 5.00 Å². The van der Waals surface area contributed by atoms with Crippen LogP contribution in [0.15, 0.2) is 29.4 Å². The molecule has 1 aromatic carbocycles. The normalized spacial score (nSPS) is 15.8. The van der Waals surface area contributed by atoms with E-state index < -0.39 is 0 Å². The zero-order chi connectivity index (χ0) is 22.2. The lowest BCUT2D eigenvalue weighted by Gasteiger charge is -2.18. The summed E-state index contributed by atoms with van der Waals surface area (Å²) in [7, 11) is 0. The van der Waals surface area contributed by atoms with E-state index in [9.17, 15) is 9.59 Å². The molecule has 1 aliphatic carbocycles. The number of hydrogen-bond acceptors (Lipinski definition) is 7. The summed E-state index contributed by atoms with van der Waals surface area (Å²) in [5.74, 6) is 0.823. The van der Waals surface area contributed by atoms with Gasteiger partial charge in [0, 0.05) is 4.88 Å². The van der Waals surface area contributed by atoms with Crippen molar-refractivity contribution in [3.8, 4) is 0 Å². The molecular formula is C22H23N5O3S2. The van der Waals surface area contributed by atoms with Crippen molar-refractivity contribution in [3.05, 3.63) is 40.3 Å². The number of aromatic amines is 1. The van der Waals surface area contributed by atoms with Crippen LogP contribution in [0.5, 0.6) is 0 Å². The van der Waals surface area contributed by atoms with Gasteiger partial charge < -0.3 is 10.1 Å². The first-order valence-corrected chi connectivity index (χ1v) is 12.4. The van der Waals surface area contributed by atoms with Gasteiger partial charge in [0.2, 0.25) is 11.7 Å². The maximum absolute atomic E-state index is 12.8. The van der Waals surface area contributed by atoms with Gasteiger partial charge in [-0.1, -0.05) is 30.8 Å². The zero-order valence-electron chi connectivity index (χ0n) is 17.8. The Kier molecular flexibility index (Phi) is 5.64. The van der Waals surface area contributed by atoms with E-state index in [4.69, 9.17) is 4.74 Å². The van der Waals surface area contributed by atoms with Gasteiger partial charge in [-0.2, -0.15) is 0 Å². The number of carbonyl (C=O) groups is 2. The van der Waals surface area contributed by atoms with Crippen molar-refractivity contribution in [3.63, 3.8) is 0 Å². The second-order valence-corrected chi connectivity index (χ2v) is 9.93. The molecule has 10 heteroatoms. The average Bonchev–Trinajstić information content (AvgIpc) is 3.43. The summed E-state index contributed by atoms with van der Waals surface area (Å²) in [5.41, 5.74) is 3.36. The van der Waals surface area contributed by atoms with E-state index in [-0.39, 0.29) is 17.6 Å². The first-order chi connectivity index (χ1) is 15.5. The van der Waals surface area contributed by atoms with Gasteiger partial charge in [0.25, 0.3) is 0 Å². The predicted octanol–water partition coefficient (Wildman–Crippen LogP) is 4.30. The van der Waals surface area contributed by atoms with E-state index >= 15 is 0 Å². The van der Waals surface area contributed by atoms with Crippen LogP contribution in [0.25, 0.3) is 16.8 Å². The molecule has 4 aromatic rings. The minimum Gasteiger partial charge on any atom is -0.462 e. The summed E-state index contributed by atoms with van der Waals surface area (Å²) in [6, 6.07) is 7.79. The molecule has 0 bridgehead atoms. The topological polar surface area (TPSA) is 101 Å². The van der Waals surface area contributed by atoms with Crippen LogP contribution >= 0.6 is 23.1 Å². The van der Waals surface area contributed by atoms with Gasteiger partial charge in [0.05, 0.1) is 29.0 Å². The van der Waals surface area contributed by atoms with E-state index in [2.05, 4.69) is 27.4 Å². The summed E-state index contributed by atoms with van der Waals surface area (Å²) in [4.78, 5) is 31.1. The molecular weight excluding hydrogens is 446 g/mol. The van der Waals surface area contributed by atoms with Crippen LogP contribution in [-0.4, -0.2) is 43.8 Å². The number of rotatable bonds is 6. The lowest BCUT2D eigenvalue weighted by Crippen LogP contribution is -2.17. The highest BCUT2D eigenvalue weighted by atomic mass is 32.2. The van der Waals surface area contributed by atoms with E-state index in [1.54, 1.807) is 6.92 Å². The predicted molar refractivity (Wildman–Crippen MR) is 126 cm³/mol. The number of para-hydroxylation sites is 2. The standard InChI is InChI=1S/C22H23N5O3S2/c1-3-30-20(29)18-13-9-8-12(2)10-16(13)32-19(18)24-17(28)11-31-22-26-25-21-23-14-6-4-5-7-15(14)27(21)22/h4-7,12H,3,8-11H2,1-2H3,(H,23,25)(H,24,28)/t12-/m1/s1. The maximum Gasteiger partial charge on any atom is 0.341 e. The van der Waals surface area contributed by atoms with E-state index in [1.807, 2.05) is 28.7 Å². The summed E-state index contributed by atoms with van der Waals surface area (Å²) >= 11 is 2.82. The second kappa shape index (κ2) is 8.59. The number of esters is 1. The van der Waals surface area contributed by atoms with Crippen LogP contribution in [0.3, 0.4) is 0 Å². The number of benzene rings is 1. The molecule has 5 rings (SSSR count). The van der Waals surface area contributed by atoms with Crippen molar-refractivity contribution in [2.45, 2.75) is 38.3 Å². The Balaban J connectivity index is 1.35. The minimum atomic E-state index is -0.360. The number of thioether (sulfide) groups is 1. The molecule has 3 aromatic heterocycles. The van der Waals surface area contributed by atoms with Gasteiger partial charge >= 0.3 is 5.97 Å². The molecule has 0 spiro atoms. The van der Waals surface area contributed by atoms with Gasteiger partial charge in [-0.3, -0.25) is 9.20 Å². The highest BCUT2D eigenvalue weighted by molar-refractivity contribution is 7.99. The Hall–Kier alpha value is -2.85. The number of imidazole rings is 1. The fourth-order valence-electron chi connectivity index (χ4n) is 4.09. The third-order valence-electron chi connectivity index (χ3n) is 5.58. The molecule has 0 saturated heterocycles. The lowest BCUT2D eigenvalue weighted by molar-refractivity contribution is -0.113. The molecule has 32 heavy (non-hydrogen) atoms. The SMILES string of the molecule is CCOC(=O)c1c(NC(=O)CSc2n[nH]c3nc4ccccc4n23)sc2c1CC[C@@H](C)C2. The van der Waals surface area contributed by atoms with Crippen molar-refractivity contribution in [2.75, 3.05) is 17.7 Å². The van der Waals surface area contributed by atoms with Crippen LogP contribution in [0, 0.1) is 5.92 Å². The van der Waals surface area contributed by atoms with Gasteiger partial charge in [-0.05, 0) is 49.8 Å². The van der Waals surface area contributed by atoms with Crippen LogP contribution in [0.1, 0.15) is 41.1 Å². The fourth-order valence-corrected chi connectivity index (χ4v) is 6.26. The van der Waals surface area contributed by atoms with Crippen molar-refractivity contribution in [2.24, 2.45) is 5.92 Å². The van der Waals surface area contributed by atoms with Gasteiger partial charge in [-0.15, -0.1) is 16.4 Å². The number of H-pyrrole nitrogens is 1. The third kappa shape index (κ3) is 3.77. The van der Waals surface area contributed by atoms with Crippen LogP contribution < -0.4 is 5.32 Å². The number of hydrogen-bond donors (Lipinski definition) is 2. The number of amides is 1. The largest absolute Gasteiger partial charge is 0.462 e. The molecule has 166 valence electrons. The molecule has 0 aliphatic heterocycles. The van der Waals surface area contributed by atoms with Crippen LogP contribution in [0.2, 0.25) is 0 Å². The number of nitrogens with one attached hydrogen (secondary N) is 2. The Bertz CT molecular complexity index is 1320. The van der Waals surface area contributed by atoms with Gasteiger partial charge in [0.15, 0.2) is 5.16 Å². The summed E-state index contributed by atoms with van der Waals surface area (Å²) < 4.78 is 7.19. The maximum atomic E-state index is 12.8. The Morgan fingerprint density at radius 3 is 3.06 bits per heavy atom. The van der Waals surface area contributed by atoms with E-state index in [1.165, 1.54) is 28.0 Å². The zero-order valence-corrected chi connectivity index (χ0v) is 19.4. The number of anilines is 1. The quantitative estimate of drug-likeness (QED) is 0.322. The molecule has 0 fully saturated rings. The van der Waals surface area contributed by atoms with Gasteiger partial charge in [-0.25, -0.2) is 14.9 Å². The second-order valence-electron chi connectivity index (χ2n) is 7.88. The number of ether oxygens (including phenoxy) is 1. The highest BCUT2D eigenvalue weighted by Gasteiger charge is 2.29. The lowest BCUT2D eigenvalue weighted by atomic mass is 9.88. The van der Waals surface area contributed by atoms with Crippen molar-refractivity contribution < 1.29 is 14.3 Å². The Labute approximate surface area is 192 Å². The third-order valence-corrected chi connectivity index (χ3v) is 7.69. The molecule has 1 amide bonds. The Morgan fingerprint density at radius 2 is 2.22 bits per heavy atom. The number of thiophene rings is 1.